The first kappa shape index (κ1) is 13.0. The van der Waals surface area contributed by atoms with Crippen LogP contribution >= 0.6 is 0 Å². The Bertz CT molecular complexity index is 591. The molecule has 2 aromatic rings. The van der Waals surface area contributed by atoms with Gasteiger partial charge in [-0.1, -0.05) is 30.3 Å². The summed E-state index contributed by atoms with van der Waals surface area (Å²) in [5.41, 5.74) is 1.60. The number of hydrogen-bond acceptors (Lipinski definition) is 3. The van der Waals surface area contributed by atoms with E-state index in [-0.39, 0.29) is 5.56 Å². The molecule has 0 fully saturated rings. The molecular formula is C15H14O4. The molecule has 1 N–H and O–H groups in total. The lowest BCUT2D eigenvalue weighted by molar-refractivity contribution is 0.0693. The maximum absolute atomic E-state index is 11.2. The van der Waals surface area contributed by atoms with Crippen molar-refractivity contribution in [2.24, 2.45) is 0 Å². The number of carboxylic acid groups (broad SMARTS) is 1. The lowest BCUT2D eigenvalue weighted by atomic mass is 10.00. The van der Waals surface area contributed by atoms with Crippen molar-refractivity contribution in [3.05, 3.63) is 48.0 Å². The van der Waals surface area contributed by atoms with Crippen molar-refractivity contribution in [1.82, 2.24) is 0 Å². The molecular weight excluding hydrogens is 244 g/mol. The molecule has 0 saturated carbocycles. The molecule has 0 unspecified atom stereocenters. The van der Waals surface area contributed by atoms with Crippen LogP contribution in [0, 0.1) is 0 Å². The number of ether oxygens (including phenoxy) is 2. The Morgan fingerprint density at radius 3 is 2.21 bits per heavy atom. The third-order valence-electron chi connectivity index (χ3n) is 2.84. The highest BCUT2D eigenvalue weighted by molar-refractivity contribution is 5.95. The fraction of sp³-hybridized carbons (Fsp3) is 0.133. The molecule has 0 aliphatic rings. The van der Waals surface area contributed by atoms with Crippen LogP contribution in [0.3, 0.4) is 0 Å². The molecule has 19 heavy (non-hydrogen) atoms. The third-order valence-corrected chi connectivity index (χ3v) is 2.84. The van der Waals surface area contributed by atoms with Crippen LogP contribution in [0.1, 0.15) is 10.4 Å². The summed E-state index contributed by atoms with van der Waals surface area (Å²) in [6.07, 6.45) is 0. The van der Waals surface area contributed by atoms with Crippen LogP contribution in [0.15, 0.2) is 42.5 Å². The van der Waals surface area contributed by atoms with Crippen LogP contribution in [0.4, 0.5) is 0 Å². The highest BCUT2D eigenvalue weighted by Gasteiger charge is 2.20. The van der Waals surface area contributed by atoms with Crippen LogP contribution in [0.2, 0.25) is 0 Å². The van der Waals surface area contributed by atoms with Crippen LogP contribution in [0.25, 0.3) is 11.1 Å². The lowest BCUT2D eigenvalue weighted by Gasteiger charge is -2.15. The second-order valence-electron chi connectivity index (χ2n) is 3.89. The summed E-state index contributed by atoms with van der Waals surface area (Å²) >= 11 is 0. The zero-order valence-electron chi connectivity index (χ0n) is 10.7. The molecule has 0 aliphatic heterocycles. The molecule has 0 spiro atoms. The van der Waals surface area contributed by atoms with Crippen molar-refractivity contribution >= 4 is 5.97 Å². The van der Waals surface area contributed by atoms with Gasteiger partial charge in [0, 0.05) is 0 Å². The summed E-state index contributed by atoms with van der Waals surface area (Å²) in [5.74, 6) is -0.150. The van der Waals surface area contributed by atoms with Crippen LogP contribution < -0.4 is 9.47 Å². The number of methoxy groups -OCH3 is 2. The van der Waals surface area contributed by atoms with Gasteiger partial charge in [-0.25, -0.2) is 4.79 Å². The first-order chi connectivity index (χ1) is 9.19. The predicted octanol–water partition coefficient (Wildman–Crippen LogP) is 3.07. The number of carbonyl (C=O) groups is 1. The van der Waals surface area contributed by atoms with Crippen molar-refractivity contribution in [2.45, 2.75) is 0 Å². The second kappa shape index (κ2) is 5.44. The van der Waals surface area contributed by atoms with Gasteiger partial charge in [-0.05, 0) is 17.7 Å². The van der Waals surface area contributed by atoms with Gasteiger partial charge in [0.25, 0.3) is 0 Å². The van der Waals surface area contributed by atoms with E-state index in [9.17, 15) is 9.90 Å². The quantitative estimate of drug-likeness (QED) is 0.915. The molecule has 98 valence electrons. The Labute approximate surface area is 111 Å². The minimum absolute atomic E-state index is 0.113. The van der Waals surface area contributed by atoms with Gasteiger partial charge in [0.05, 0.1) is 19.8 Å². The Morgan fingerprint density at radius 2 is 1.68 bits per heavy atom. The summed E-state index contributed by atoms with van der Waals surface area (Å²) in [5, 5.41) is 9.21. The average Bonchev–Trinajstić information content (AvgIpc) is 2.46. The van der Waals surface area contributed by atoms with Gasteiger partial charge in [0.2, 0.25) is 0 Å². The number of hydrogen-bond donors (Lipinski definition) is 1. The minimum Gasteiger partial charge on any atom is -0.496 e. The Hall–Kier alpha value is -2.49. The molecule has 0 radical (unpaired) electrons. The van der Waals surface area contributed by atoms with Crippen molar-refractivity contribution in [2.75, 3.05) is 14.2 Å². The maximum atomic E-state index is 11.2. The second-order valence-corrected chi connectivity index (χ2v) is 3.89. The molecule has 0 atom stereocenters. The number of carboxylic acids is 1. The summed E-state index contributed by atoms with van der Waals surface area (Å²) in [7, 11) is 3.00. The molecule has 2 rings (SSSR count). The topological polar surface area (TPSA) is 55.8 Å². The van der Waals surface area contributed by atoms with Crippen molar-refractivity contribution in [3.8, 4) is 22.6 Å². The lowest BCUT2D eigenvalue weighted by Crippen LogP contribution is -2.03. The van der Waals surface area contributed by atoms with E-state index in [4.69, 9.17) is 9.47 Å². The van der Waals surface area contributed by atoms with Crippen molar-refractivity contribution < 1.29 is 19.4 Å². The minimum atomic E-state index is -1.03. The van der Waals surface area contributed by atoms with Gasteiger partial charge < -0.3 is 14.6 Å². The molecule has 0 aliphatic carbocycles. The average molecular weight is 258 g/mol. The van der Waals surface area contributed by atoms with Gasteiger partial charge in [0.15, 0.2) is 0 Å². The monoisotopic (exact) mass is 258 g/mol. The van der Waals surface area contributed by atoms with E-state index < -0.39 is 5.97 Å². The summed E-state index contributed by atoms with van der Waals surface area (Å²) in [4.78, 5) is 11.2. The molecule has 0 bridgehead atoms. The summed E-state index contributed by atoms with van der Waals surface area (Å²) in [6, 6.07) is 12.5. The zero-order valence-corrected chi connectivity index (χ0v) is 10.7. The molecule has 0 saturated heterocycles. The van der Waals surface area contributed by atoms with Gasteiger partial charge >= 0.3 is 5.97 Å². The van der Waals surface area contributed by atoms with E-state index >= 15 is 0 Å². The molecule has 0 heterocycles. The predicted molar refractivity (Wildman–Crippen MR) is 71.9 cm³/mol. The van der Waals surface area contributed by atoms with Gasteiger partial charge in [0.1, 0.15) is 17.1 Å². The van der Waals surface area contributed by atoms with Crippen LogP contribution in [-0.2, 0) is 0 Å². The standard InChI is InChI=1S/C15H14O4/c1-18-12-9-8-11(15(16)17)14(19-2)13(12)10-6-4-3-5-7-10/h3-9H,1-2H3,(H,16,17). The van der Waals surface area contributed by atoms with E-state index in [2.05, 4.69) is 0 Å². The van der Waals surface area contributed by atoms with E-state index in [0.717, 1.165) is 5.56 Å². The Kier molecular flexibility index (Phi) is 3.71. The normalized spacial score (nSPS) is 10.0. The van der Waals surface area contributed by atoms with E-state index in [1.165, 1.54) is 13.2 Å². The van der Waals surface area contributed by atoms with Crippen molar-refractivity contribution in [3.63, 3.8) is 0 Å². The number of benzene rings is 2. The number of rotatable bonds is 4. The fourth-order valence-electron chi connectivity index (χ4n) is 1.99. The van der Waals surface area contributed by atoms with Crippen molar-refractivity contribution in [1.29, 1.82) is 0 Å². The molecule has 4 heteroatoms. The van der Waals surface area contributed by atoms with Crippen LogP contribution in [0.5, 0.6) is 11.5 Å². The van der Waals surface area contributed by atoms with Gasteiger partial charge in [-0.2, -0.15) is 0 Å². The summed E-state index contributed by atoms with van der Waals surface area (Å²) in [6.45, 7) is 0. The Morgan fingerprint density at radius 1 is 1.00 bits per heavy atom. The molecule has 4 nitrogen and oxygen atoms in total. The van der Waals surface area contributed by atoms with Gasteiger partial charge in [-0.3, -0.25) is 0 Å². The SMILES string of the molecule is COc1ccc(C(=O)O)c(OC)c1-c1ccccc1. The first-order valence-corrected chi connectivity index (χ1v) is 5.72. The highest BCUT2D eigenvalue weighted by Crippen LogP contribution is 2.40. The summed E-state index contributed by atoms with van der Waals surface area (Å²) < 4.78 is 10.6. The molecule has 0 aromatic heterocycles. The number of aromatic carboxylic acids is 1. The third kappa shape index (κ3) is 2.38. The smallest absolute Gasteiger partial charge is 0.339 e. The highest BCUT2D eigenvalue weighted by atomic mass is 16.5. The van der Waals surface area contributed by atoms with E-state index in [0.29, 0.717) is 17.1 Å². The largest absolute Gasteiger partial charge is 0.496 e. The molecule has 2 aromatic carbocycles. The maximum Gasteiger partial charge on any atom is 0.339 e. The van der Waals surface area contributed by atoms with Crippen LogP contribution in [-0.4, -0.2) is 25.3 Å². The van der Waals surface area contributed by atoms with E-state index in [1.807, 2.05) is 30.3 Å². The zero-order chi connectivity index (χ0) is 13.8. The van der Waals surface area contributed by atoms with E-state index in [1.54, 1.807) is 13.2 Å². The Balaban J connectivity index is 2.75. The fourth-order valence-corrected chi connectivity index (χ4v) is 1.99. The molecule has 0 amide bonds. The first-order valence-electron chi connectivity index (χ1n) is 5.72. The van der Waals surface area contributed by atoms with Gasteiger partial charge in [-0.15, -0.1) is 0 Å².